The van der Waals surface area contributed by atoms with Crippen molar-refractivity contribution in [1.29, 1.82) is 0 Å². The van der Waals surface area contributed by atoms with Gasteiger partial charge in [-0.3, -0.25) is 14.7 Å². The van der Waals surface area contributed by atoms with Gasteiger partial charge in [-0.15, -0.1) is 0 Å². The molecule has 1 fully saturated rings. The number of aromatic nitrogens is 6. The van der Waals surface area contributed by atoms with Crippen LogP contribution >= 0.6 is 0 Å². The number of benzene rings is 1. The summed E-state index contributed by atoms with van der Waals surface area (Å²) in [5.41, 5.74) is 7.65. The molecular weight excluding hydrogens is 408 g/mol. The summed E-state index contributed by atoms with van der Waals surface area (Å²) in [5.74, 6) is 1.56. The second kappa shape index (κ2) is 7.66. The van der Waals surface area contributed by atoms with Crippen molar-refractivity contribution in [3.63, 3.8) is 0 Å². The summed E-state index contributed by atoms with van der Waals surface area (Å²) in [7, 11) is 3.70. The van der Waals surface area contributed by atoms with Crippen molar-refractivity contribution >= 4 is 45.6 Å². The number of urea groups is 1. The number of nitrogen functional groups attached to an aromatic ring is 1. The smallest absolute Gasteiger partial charge is 0.323 e. The first-order valence-corrected chi connectivity index (χ1v) is 10.7. The van der Waals surface area contributed by atoms with Crippen molar-refractivity contribution in [2.75, 3.05) is 35.6 Å². The number of hydrogen-bond acceptors (Lipinski definition) is 7. The van der Waals surface area contributed by atoms with Gasteiger partial charge in [-0.1, -0.05) is 19.1 Å². The van der Waals surface area contributed by atoms with E-state index in [1.54, 1.807) is 15.6 Å². The molecule has 11 nitrogen and oxygen atoms in total. The molecule has 1 aliphatic heterocycles. The maximum Gasteiger partial charge on any atom is 0.323 e. The van der Waals surface area contributed by atoms with Crippen LogP contribution in [-0.4, -0.2) is 66.1 Å². The van der Waals surface area contributed by atoms with Gasteiger partial charge in [0.1, 0.15) is 5.82 Å². The zero-order chi connectivity index (χ0) is 22.4. The van der Waals surface area contributed by atoms with Gasteiger partial charge in [0.2, 0.25) is 5.95 Å². The molecule has 4 aromatic rings. The van der Waals surface area contributed by atoms with Gasteiger partial charge in [-0.2, -0.15) is 20.2 Å². The highest BCUT2D eigenvalue weighted by Crippen LogP contribution is 2.29. The van der Waals surface area contributed by atoms with Gasteiger partial charge in [0.25, 0.3) is 0 Å². The second-order valence-electron chi connectivity index (χ2n) is 8.03. The van der Waals surface area contributed by atoms with Gasteiger partial charge in [0.05, 0.1) is 17.1 Å². The van der Waals surface area contributed by atoms with Crippen LogP contribution in [0.25, 0.3) is 21.9 Å². The van der Waals surface area contributed by atoms with Crippen LogP contribution in [0, 0.1) is 0 Å². The summed E-state index contributed by atoms with van der Waals surface area (Å²) in [6, 6.07) is 7.78. The predicted octanol–water partition coefficient (Wildman–Crippen LogP) is 1.96. The maximum atomic E-state index is 13.1. The van der Waals surface area contributed by atoms with Crippen molar-refractivity contribution in [3.8, 4) is 0 Å². The number of nitrogens with one attached hydrogen (secondary N) is 1. The van der Waals surface area contributed by atoms with Gasteiger partial charge in [0.15, 0.2) is 11.5 Å². The molecule has 1 saturated heterocycles. The molecule has 0 bridgehead atoms. The molecule has 3 aromatic heterocycles. The highest BCUT2D eigenvalue weighted by Gasteiger charge is 2.31. The fraction of sp³-hybridized carbons (Fsp3) is 0.381. The number of nitrogens with two attached hydrogens (primary N) is 1. The summed E-state index contributed by atoms with van der Waals surface area (Å²) < 4.78 is 3.47. The van der Waals surface area contributed by atoms with E-state index in [2.05, 4.69) is 37.3 Å². The molecule has 0 saturated carbocycles. The Balaban J connectivity index is 1.37. The van der Waals surface area contributed by atoms with E-state index in [4.69, 9.17) is 5.73 Å². The molecule has 0 radical (unpaired) electrons. The Hall–Kier alpha value is -3.89. The molecule has 0 spiro atoms. The molecular formula is C21H26N10O. The fourth-order valence-corrected chi connectivity index (χ4v) is 4.40. The van der Waals surface area contributed by atoms with E-state index >= 15 is 0 Å². The van der Waals surface area contributed by atoms with Crippen LogP contribution in [0.15, 0.2) is 30.5 Å². The molecule has 1 aliphatic rings. The lowest BCUT2D eigenvalue weighted by Gasteiger charge is -2.41. The Kier molecular flexibility index (Phi) is 4.80. The minimum absolute atomic E-state index is 0.0904. The van der Waals surface area contributed by atoms with E-state index in [9.17, 15) is 4.79 Å². The first kappa shape index (κ1) is 20.0. The van der Waals surface area contributed by atoms with Gasteiger partial charge in [-0.25, -0.2) is 4.79 Å². The van der Waals surface area contributed by atoms with Crippen molar-refractivity contribution in [1.82, 2.24) is 34.4 Å². The third kappa shape index (κ3) is 3.26. The molecule has 1 aromatic carbocycles. The number of hydrogen-bond donors (Lipinski definition) is 2. The van der Waals surface area contributed by atoms with E-state index in [0.717, 1.165) is 28.5 Å². The largest absolute Gasteiger partial charge is 0.368 e. The number of fused-ring (bicyclic) bond motifs is 2. The van der Waals surface area contributed by atoms with Crippen LogP contribution in [0.1, 0.15) is 13.3 Å². The number of nitrogens with zero attached hydrogens (tertiary/aromatic N) is 8. The summed E-state index contributed by atoms with van der Waals surface area (Å²) in [5, 5.41) is 13.6. The van der Waals surface area contributed by atoms with Crippen LogP contribution in [0.4, 0.5) is 22.4 Å². The number of para-hydroxylation sites is 1. The maximum absolute atomic E-state index is 13.1. The van der Waals surface area contributed by atoms with Crippen LogP contribution in [0.5, 0.6) is 0 Å². The fourth-order valence-electron chi connectivity index (χ4n) is 4.40. The van der Waals surface area contributed by atoms with E-state index in [0.29, 0.717) is 31.1 Å². The Labute approximate surface area is 184 Å². The summed E-state index contributed by atoms with van der Waals surface area (Å²) in [6.07, 6.45) is 2.62. The average molecular weight is 435 g/mol. The highest BCUT2D eigenvalue weighted by atomic mass is 16.2. The quantitative estimate of drug-likeness (QED) is 0.505. The molecule has 1 atom stereocenters. The molecule has 11 heteroatoms. The van der Waals surface area contributed by atoms with Gasteiger partial charge in [-0.05, 0) is 18.6 Å². The summed E-state index contributed by atoms with van der Waals surface area (Å²) in [4.78, 5) is 26.0. The molecule has 5 rings (SSSR count). The number of amides is 2. The van der Waals surface area contributed by atoms with E-state index in [1.165, 1.54) is 0 Å². The first-order valence-electron chi connectivity index (χ1n) is 10.7. The highest BCUT2D eigenvalue weighted by molar-refractivity contribution is 5.99. The molecule has 32 heavy (non-hydrogen) atoms. The van der Waals surface area contributed by atoms with Gasteiger partial charge in [0, 0.05) is 45.2 Å². The summed E-state index contributed by atoms with van der Waals surface area (Å²) >= 11 is 0. The SMILES string of the molecule is CC[C@H]1CN(C(=O)Nc2nn(C)c3ccccc23)CCN1c1nc(N)nc2c1cnn2C. The average Bonchev–Trinajstić information content (AvgIpc) is 3.32. The van der Waals surface area contributed by atoms with Gasteiger partial charge < -0.3 is 15.5 Å². The normalized spacial score (nSPS) is 16.8. The van der Waals surface area contributed by atoms with Crippen LogP contribution in [0.3, 0.4) is 0 Å². The van der Waals surface area contributed by atoms with E-state index < -0.39 is 0 Å². The summed E-state index contributed by atoms with van der Waals surface area (Å²) in [6.45, 7) is 3.86. The van der Waals surface area contributed by atoms with Crippen LogP contribution < -0.4 is 16.0 Å². The molecule has 0 aliphatic carbocycles. The lowest BCUT2D eigenvalue weighted by atomic mass is 10.1. The molecule has 0 unspecified atom stereocenters. The zero-order valence-corrected chi connectivity index (χ0v) is 18.4. The number of carbonyl (C=O) groups excluding carboxylic acids is 1. The molecule has 4 heterocycles. The third-order valence-electron chi connectivity index (χ3n) is 6.09. The lowest BCUT2D eigenvalue weighted by molar-refractivity contribution is 0.197. The monoisotopic (exact) mass is 434 g/mol. The predicted molar refractivity (Wildman–Crippen MR) is 123 cm³/mol. The molecule has 3 N–H and O–H groups in total. The number of rotatable bonds is 3. The molecule has 2 amide bonds. The Bertz CT molecular complexity index is 1310. The van der Waals surface area contributed by atoms with E-state index in [1.807, 2.05) is 43.3 Å². The van der Waals surface area contributed by atoms with Crippen LogP contribution in [0.2, 0.25) is 0 Å². The minimum Gasteiger partial charge on any atom is -0.368 e. The number of anilines is 3. The van der Waals surface area contributed by atoms with Crippen molar-refractivity contribution in [2.45, 2.75) is 19.4 Å². The standard InChI is InChI=1S/C21H26N10O/c1-4-13-12-30(21(32)24-17-14-7-5-6-8-16(14)28(2)27-17)9-10-31(13)19-15-11-23-29(3)18(15)25-20(22)26-19/h5-8,11,13H,4,9-10,12H2,1-3H3,(H2,22,25,26)(H,24,27,32)/t13-/m0/s1. The Morgan fingerprint density at radius 1 is 1.16 bits per heavy atom. The van der Waals surface area contributed by atoms with Crippen molar-refractivity contribution < 1.29 is 4.79 Å². The number of piperazine rings is 1. The zero-order valence-electron chi connectivity index (χ0n) is 18.4. The van der Waals surface area contributed by atoms with Crippen molar-refractivity contribution in [2.24, 2.45) is 14.1 Å². The van der Waals surface area contributed by atoms with Gasteiger partial charge >= 0.3 is 6.03 Å². The Morgan fingerprint density at radius 3 is 2.78 bits per heavy atom. The Morgan fingerprint density at radius 2 is 1.97 bits per heavy atom. The van der Waals surface area contributed by atoms with E-state index in [-0.39, 0.29) is 18.0 Å². The topological polar surface area (TPSA) is 123 Å². The second-order valence-corrected chi connectivity index (χ2v) is 8.03. The third-order valence-corrected chi connectivity index (χ3v) is 6.09. The molecule has 166 valence electrons. The minimum atomic E-state index is -0.152. The lowest BCUT2D eigenvalue weighted by Crippen LogP contribution is -2.56. The number of aryl methyl sites for hydroxylation is 2. The van der Waals surface area contributed by atoms with Crippen LogP contribution in [-0.2, 0) is 14.1 Å². The number of carbonyl (C=O) groups is 1. The van der Waals surface area contributed by atoms with Crippen molar-refractivity contribution in [3.05, 3.63) is 30.5 Å². The first-order chi connectivity index (χ1) is 15.5.